The highest BCUT2D eigenvalue weighted by Crippen LogP contribution is 2.37. The number of alkyl carbamates (subject to hydrolysis) is 1. The van der Waals surface area contributed by atoms with Crippen LogP contribution >= 0.6 is 0 Å². The standard InChI is InChI=1S/C53H67N7O9/c1-38(61)54-34-18-16-30-45(51(66)67)56-48(63)43(29-17-19-35-59(2)3)55-49(64)46-31-20-36-60(46)50(65)44(57-52(68)69-37-39-21-8-4-9-22-39)32-33-47(62)58-53(40-23-10-5-11-24-40,41-25-12-6-13-26-41)42-27-14-7-15-28-42/h4-15,21-28,43-46H,16-20,29-37H2,1-3H3,(H,54,61)(H,55,64)(H,56,63)(H,57,68)(H,58,62)(H,66,67)/t43-,44-,45-,46-/m0/s1. The second-order valence-electron chi connectivity index (χ2n) is 17.6. The van der Waals surface area contributed by atoms with Crippen LogP contribution in [0.1, 0.15) is 93.4 Å². The molecule has 0 radical (unpaired) electrons. The van der Waals surface area contributed by atoms with Gasteiger partial charge in [-0.1, -0.05) is 121 Å². The van der Waals surface area contributed by atoms with E-state index in [1.165, 1.54) is 11.8 Å². The Morgan fingerprint density at radius 3 is 1.80 bits per heavy atom. The van der Waals surface area contributed by atoms with Crippen LogP contribution in [0, 0.1) is 0 Å². The number of ether oxygens (including phenoxy) is 1. The average molecular weight is 946 g/mol. The van der Waals surface area contributed by atoms with Crippen molar-refractivity contribution in [2.45, 2.75) is 107 Å². The number of unbranched alkanes of at least 4 members (excludes halogenated alkanes) is 2. The number of carboxylic acids is 1. The maximum Gasteiger partial charge on any atom is 0.408 e. The van der Waals surface area contributed by atoms with Crippen molar-refractivity contribution < 1.29 is 43.4 Å². The second kappa shape index (κ2) is 27.1. The van der Waals surface area contributed by atoms with Gasteiger partial charge in [-0.3, -0.25) is 24.0 Å². The minimum atomic E-state index is -1.29. The van der Waals surface area contributed by atoms with E-state index in [9.17, 15) is 38.7 Å². The Morgan fingerprint density at radius 1 is 0.696 bits per heavy atom. The summed E-state index contributed by atoms with van der Waals surface area (Å²) in [4.78, 5) is 97.5. The Morgan fingerprint density at radius 2 is 1.25 bits per heavy atom. The van der Waals surface area contributed by atoms with Gasteiger partial charge in [-0.2, -0.15) is 0 Å². The Labute approximate surface area is 404 Å². The molecule has 16 nitrogen and oxygen atoms in total. The molecule has 0 bridgehead atoms. The normalized spacial score (nSPS) is 14.7. The Kier molecular flexibility index (Phi) is 20.7. The lowest BCUT2D eigenvalue weighted by molar-refractivity contribution is -0.143. The van der Waals surface area contributed by atoms with Crippen LogP contribution in [0.2, 0.25) is 0 Å². The van der Waals surface area contributed by atoms with Crippen molar-refractivity contribution in [3.63, 3.8) is 0 Å². The number of benzene rings is 4. The topological polar surface area (TPSA) is 216 Å². The SMILES string of the molecule is CC(=O)NCCCC[C@H](NC(=O)[C@H](CCCCN(C)C)NC(=O)[C@@H]1CCCN1C(=O)[C@H](CCC(=O)NC(c1ccccc1)(c1ccccc1)c1ccccc1)NC(=O)OCc1ccccc1)C(=O)O. The minimum Gasteiger partial charge on any atom is -0.480 e. The van der Waals surface area contributed by atoms with Crippen LogP contribution < -0.4 is 26.6 Å². The molecule has 6 N–H and O–H groups in total. The summed E-state index contributed by atoms with van der Waals surface area (Å²) in [5, 5.41) is 24.1. The molecule has 1 heterocycles. The lowest BCUT2D eigenvalue weighted by atomic mass is 9.77. The molecular weight excluding hydrogens is 879 g/mol. The predicted octanol–water partition coefficient (Wildman–Crippen LogP) is 5.25. The molecule has 4 aromatic rings. The van der Waals surface area contributed by atoms with Crippen molar-refractivity contribution in [3.05, 3.63) is 144 Å². The van der Waals surface area contributed by atoms with Crippen LogP contribution in [0.4, 0.5) is 4.79 Å². The highest BCUT2D eigenvalue weighted by Gasteiger charge is 2.41. The zero-order valence-corrected chi connectivity index (χ0v) is 39.9. The lowest BCUT2D eigenvalue weighted by Crippen LogP contribution is -2.57. The fourth-order valence-corrected chi connectivity index (χ4v) is 8.58. The zero-order valence-electron chi connectivity index (χ0n) is 39.9. The van der Waals surface area contributed by atoms with E-state index >= 15 is 0 Å². The number of rotatable bonds is 26. The van der Waals surface area contributed by atoms with Gasteiger partial charge in [0, 0.05) is 26.4 Å². The van der Waals surface area contributed by atoms with Crippen molar-refractivity contribution in [3.8, 4) is 0 Å². The molecule has 16 heteroatoms. The number of carboxylic acid groups (broad SMARTS) is 1. The number of hydrogen-bond donors (Lipinski definition) is 6. The van der Waals surface area contributed by atoms with E-state index in [4.69, 9.17) is 4.74 Å². The van der Waals surface area contributed by atoms with Crippen LogP contribution in [-0.4, -0.2) is 114 Å². The molecule has 1 aliphatic rings. The summed E-state index contributed by atoms with van der Waals surface area (Å²) in [6, 6.07) is 33.1. The highest BCUT2D eigenvalue weighted by molar-refractivity contribution is 5.95. The van der Waals surface area contributed by atoms with Crippen molar-refractivity contribution in [2.24, 2.45) is 0 Å². The first-order valence-corrected chi connectivity index (χ1v) is 23.8. The summed E-state index contributed by atoms with van der Waals surface area (Å²) >= 11 is 0. The molecule has 0 aromatic heterocycles. The molecule has 1 saturated heterocycles. The first-order chi connectivity index (χ1) is 33.3. The molecule has 1 aliphatic heterocycles. The van der Waals surface area contributed by atoms with Crippen molar-refractivity contribution in [1.29, 1.82) is 0 Å². The second-order valence-corrected chi connectivity index (χ2v) is 17.6. The van der Waals surface area contributed by atoms with Gasteiger partial charge in [-0.15, -0.1) is 0 Å². The number of nitrogens with zero attached hydrogens (tertiary/aromatic N) is 2. The van der Waals surface area contributed by atoms with E-state index in [1.807, 2.05) is 116 Å². The monoisotopic (exact) mass is 946 g/mol. The Bertz CT molecular complexity index is 2190. The third kappa shape index (κ3) is 16.0. The molecule has 368 valence electrons. The number of likely N-dealkylation sites (tertiary alicyclic amines) is 1. The first-order valence-electron chi connectivity index (χ1n) is 23.8. The van der Waals surface area contributed by atoms with E-state index in [0.717, 1.165) is 28.8 Å². The molecule has 5 rings (SSSR count). The molecular formula is C53H67N7O9. The van der Waals surface area contributed by atoms with Gasteiger partial charge in [0.2, 0.25) is 29.5 Å². The van der Waals surface area contributed by atoms with Crippen LogP contribution in [-0.2, 0) is 45.6 Å². The highest BCUT2D eigenvalue weighted by atomic mass is 16.5. The predicted molar refractivity (Wildman–Crippen MR) is 261 cm³/mol. The third-order valence-corrected chi connectivity index (χ3v) is 12.1. The smallest absolute Gasteiger partial charge is 0.408 e. The summed E-state index contributed by atoms with van der Waals surface area (Å²) in [5.74, 6) is -3.70. The Balaban J connectivity index is 1.36. The van der Waals surface area contributed by atoms with E-state index in [0.29, 0.717) is 38.6 Å². The average Bonchev–Trinajstić information content (AvgIpc) is 3.85. The summed E-state index contributed by atoms with van der Waals surface area (Å²) < 4.78 is 5.53. The number of aliphatic carboxylic acids is 1. The van der Waals surface area contributed by atoms with Crippen LogP contribution in [0.3, 0.4) is 0 Å². The Hall–Kier alpha value is -7.07. The van der Waals surface area contributed by atoms with E-state index in [1.54, 1.807) is 24.3 Å². The van der Waals surface area contributed by atoms with Crippen molar-refractivity contribution in [1.82, 2.24) is 36.4 Å². The summed E-state index contributed by atoms with van der Waals surface area (Å²) in [6.07, 6.45) is 1.96. The molecule has 0 aliphatic carbocycles. The third-order valence-electron chi connectivity index (χ3n) is 12.1. The first kappa shape index (κ1) is 52.9. The molecule has 69 heavy (non-hydrogen) atoms. The zero-order chi connectivity index (χ0) is 49.6. The number of carbonyl (C=O) groups excluding carboxylic acids is 6. The van der Waals surface area contributed by atoms with E-state index in [-0.39, 0.29) is 51.2 Å². The van der Waals surface area contributed by atoms with E-state index in [2.05, 4.69) is 26.6 Å². The van der Waals surface area contributed by atoms with Gasteiger partial charge in [0.05, 0.1) is 0 Å². The summed E-state index contributed by atoms with van der Waals surface area (Å²) in [6.45, 7) is 2.58. The van der Waals surface area contributed by atoms with Crippen molar-refractivity contribution >= 4 is 41.6 Å². The van der Waals surface area contributed by atoms with Gasteiger partial charge in [0.1, 0.15) is 36.3 Å². The maximum absolute atomic E-state index is 14.7. The van der Waals surface area contributed by atoms with Gasteiger partial charge >= 0.3 is 12.1 Å². The number of hydrogen-bond acceptors (Lipinski definition) is 9. The molecule has 4 atom stereocenters. The van der Waals surface area contributed by atoms with Gasteiger partial charge in [-0.25, -0.2) is 9.59 Å². The van der Waals surface area contributed by atoms with E-state index < -0.39 is 65.4 Å². The minimum absolute atomic E-state index is 0.0750. The largest absolute Gasteiger partial charge is 0.480 e. The van der Waals surface area contributed by atoms with Gasteiger partial charge < -0.3 is 46.2 Å². The molecule has 6 amide bonds. The number of carbonyl (C=O) groups is 7. The van der Waals surface area contributed by atoms with Crippen molar-refractivity contribution in [2.75, 3.05) is 33.7 Å². The van der Waals surface area contributed by atoms with Crippen LogP contribution in [0.5, 0.6) is 0 Å². The number of amides is 6. The maximum atomic E-state index is 14.7. The quantitative estimate of drug-likeness (QED) is 0.0355. The fourth-order valence-electron chi connectivity index (χ4n) is 8.58. The molecule has 0 spiro atoms. The molecule has 0 unspecified atom stereocenters. The van der Waals surface area contributed by atoms with Gasteiger partial charge in [0.25, 0.3) is 0 Å². The molecule has 4 aromatic carbocycles. The number of nitrogens with one attached hydrogen (secondary N) is 5. The van der Waals surface area contributed by atoms with Gasteiger partial charge in [0.15, 0.2) is 0 Å². The molecule has 1 fully saturated rings. The van der Waals surface area contributed by atoms with Crippen LogP contribution in [0.15, 0.2) is 121 Å². The summed E-state index contributed by atoms with van der Waals surface area (Å²) in [7, 11) is 3.85. The van der Waals surface area contributed by atoms with Crippen LogP contribution in [0.25, 0.3) is 0 Å². The lowest BCUT2D eigenvalue weighted by Gasteiger charge is -2.37. The van der Waals surface area contributed by atoms with Gasteiger partial charge in [-0.05, 0) is 101 Å². The summed E-state index contributed by atoms with van der Waals surface area (Å²) in [5.41, 5.74) is 2.01. The fraction of sp³-hybridized carbons (Fsp3) is 0.415. The molecule has 0 saturated carbocycles.